The average Bonchev–Trinajstić information content (AvgIpc) is 3.12. The molecule has 0 saturated heterocycles. The summed E-state index contributed by atoms with van der Waals surface area (Å²) in [6.45, 7) is 0.778. The molecule has 1 aliphatic heterocycles. The zero-order valence-electron chi connectivity index (χ0n) is 16.0. The highest BCUT2D eigenvalue weighted by Crippen LogP contribution is 2.42. The molecule has 2 aromatic carbocycles. The van der Waals surface area contributed by atoms with Gasteiger partial charge in [0.2, 0.25) is 12.0 Å². The van der Waals surface area contributed by atoms with E-state index >= 15 is 0 Å². The molecule has 6 heteroatoms. The SMILES string of the molecule is O=C(O)C1=CC(c2cccc3c2Cc2ccccc2-3)CC(OCCOCCO)O1. The van der Waals surface area contributed by atoms with E-state index in [1.807, 2.05) is 18.2 Å². The quantitative estimate of drug-likeness (QED) is 0.569. The van der Waals surface area contributed by atoms with Gasteiger partial charge in [-0.1, -0.05) is 42.5 Å². The Labute approximate surface area is 169 Å². The molecule has 0 aromatic heterocycles. The van der Waals surface area contributed by atoms with Gasteiger partial charge < -0.3 is 24.4 Å². The van der Waals surface area contributed by atoms with E-state index in [0.29, 0.717) is 13.0 Å². The van der Waals surface area contributed by atoms with Crippen LogP contribution in [0.4, 0.5) is 0 Å². The molecule has 0 saturated carbocycles. The van der Waals surface area contributed by atoms with Gasteiger partial charge in [-0.2, -0.15) is 0 Å². The number of hydrogen-bond donors (Lipinski definition) is 2. The minimum Gasteiger partial charge on any atom is -0.475 e. The Bertz CT molecular complexity index is 919. The van der Waals surface area contributed by atoms with Crippen LogP contribution in [0.2, 0.25) is 0 Å². The summed E-state index contributed by atoms with van der Waals surface area (Å²) >= 11 is 0. The van der Waals surface area contributed by atoms with Crippen molar-refractivity contribution in [1.82, 2.24) is 0 Å². The highest BCUT2D eigenvalue weighted by molar-refractivity contribution is 5.85. The first-order valence-electron chi connectivity index (χ1n) is 9.79. The number of allylic oxidation sites excluding steroid dienone is 1. The molecule has 29 heavy (non-hydrogen) atoms. The van der Waals surface area contributed by atoms with Crippen LogP contribution in [0.3, 0.4) is 0 Å². The van der Waals surface area contributed by atoms with Crippen molar-refractivity contribution in [3.8, 4) is 11.1 Å². The predicted molar refractivity (Wildman–Crippen MR) is 106 cm³/mol. The first-order valence-corrected chi connectivity index (χ1v) is 9.79. The Kier molecular flexibility index (Phi) is 5.94. The van der Waals surface area contributed by atoms with Gasteiger partial charge in [-0.05, 0) is 40.3 Å². The number of aliphatic carboxylic acids is 1. The number of benzene rings is 2. The summed E-state index contributed by atoms with van der Waals surface area (Å²) in [5, 5.41) is 18.2. The van der Waals surface area contributed by atoms with Crippen LogP contribution in [0.15, 0.2) is 54.3 Å². The maximum atomic E-state index is 11.6. The minimum absolute atomic E-state index is 0.0462. The Hall–Kier alpha value is -2.67. The fourth-order valence-corrected chi connectivity index (χ4v) is 4.06. The Morgan fingerprint density at radius 3 is 2.72 bits per heavy atom. The third-order valence-corrected chi connectivity index (χ3v) is 5.32. The number of rotatable bonds is 8. The number of aliphatic hydroxyl groups excluding tert-OH is 1. The zero-order valence-corrected chi connectivity index (χ0v) is 16.0. The number of ether oxygens (including phenoxy) is 3. The lowest BCUT2D eigenvalue weighted by Crippen LogP contribution is -2.28. The van der Waals surface area contributed by atoms with Crippen molar-refractivity contribution < 1.29 is 29.2 Å². The summed E-state index contributed by atoms with van der Waals surface area (Å²) in [5.41, 5.74) is 6.10. The zero-order chi connectivity index (χ0) is 20.2. The second-order valence-corrected chi connectivity index (χ2v) is 7.14. The molecule has 152 valence electrons. The molecule has 4 rings (SSSR count). The van der Waals surface area contributed by atoms with Gasteiger partial charge in [0.15, 0.2) is 0 Å². The van der Waals surface area contributed by atoms with Crippen LogP contribution in [0, 0.1) is 0 Å². The van der Waals surface area contributed by atoms with E-state index in [-0.39, 0.29) is 31.5 Å². The summed E-state index contributed by atoms with van der Waals surface area (Å²) < 4.78 is 16.4. The molecule has 0 spiro atoms. The summed E-state index contributed by atoms with van der Waals surface area (Å²) in [6.07, 6.45) is 2.40. The fraction of sp³-hybridized carbons (Fsp3) is 0.348. The maximum Gasteiger partial charge on any atom is 0.370 e. The van der Waals surface area contributed by atoms with Crippen molar-refractivity contribution >= 4 is 5.97 Å². The van der Waals surface area contributed by atoms with Crippen molar-refractivity contribution in [3.05, 3.63) is 71.0 Å². The lowest BCUT2D eigenvalue weighted by atomic mass is 9.87. The summed E-state index contributed by atoms with van der Waals surface area (Å²) in [7, 11) is 0. The molecule has 0 amide bonds. The maximum absolute atomic E-state index is 11.6. The third-order valence-electron chi connectivity index (χ3n) is 5.32. The molecule has 6 nitrogen and oxygen atoms in total. The van der Waals surface area contributed by atoms with Gasteiger partial charge in [0.1, 0.15) is 0 Å². The number of carboxylic acid groups (broad SMARTS) is 1. The van der Waals surface area contributed by atoms with Gasteiger partial charge in [0.05, 0.1) is 26.4 Å². The monoisotopic (exact) mass is 396 g/mol. The van der Waals surface area contributed by atoms with E-state index in [1.54, 1.807) is 6.08 Å². The van der Waals surface area contributed by atoms with Gasteiger partial charge in [-0.15, -0.1) is 0 Å². The predicted octanol–water partition coefficient (Wildman–Crippen LogP) is 3.08. The van der Waals surface area contributed by atoms with E-state index in [2.05, 4.69) is 24.3 Å². The Morgan fingerprint density at radius 2 is 1.90 bits per heavy atom. The van der Waals surface area contributed by atoms with Crippen LogP contribution in [0.5, 0.6) is 0 Å². The summed E-state index contributed by atoms with van der Waals surface area (Å²) in [5.74, 6) is -1.30. The minimum atomic E-state index is -1.10. The normalized spacial score (nSPS) is 19.8. The molecule has 2 aliphatic rings. The first-order chi connectivity index (χ1) is 14.2. The van der Waals surface area contributed by atoms with Gasteiger partial charge in [-0.25, -0.2) is 4.79 Å². The largest absolute Gasteiger partial charge is 0.475 e. The molecule has 1 heterocycles. The van der Waals surface area contributed by atoms with Crippen molar-refractivity contribution in [2.45, 2.75) is 25.0 Å². The molecule has 2 atom stereocenters. The lowest BCUT2D eigenvalue weighted by Gasteiger charge is -2.29. The third kappa shape index (κ3) is 4.19. The van der Waals surface area contributed by atoms with Gasteiger partial charge in [0, 0.05) is 12.3 Å². The highest BCUT2D eigenvalue weighted by Gasteiger charge is 2.31. The van der Waals surface area contributed by atoms with Crippen molar-refractivity contribution in [2.75, 3.05) is 26.4 Å². The Morgan fingerprint density at radius 1 is 1.07 bits per heavy atom. The van der Waals surface area contributed by atoms with Crippen molar-refractivity contribution in [2.24, 2.45) is 0 Å². The molecular weight excluding hydrogens is 372 g/mol. The van der Waals surface area contributed by atoms with Crippen LogP contribution < -0.4 is 0 Å². The molecule has 0 bridgehead atoms. The molecule has 0 fully saturated rings. The van der Waals surface area contributed by atoms with Crippen LogP contribution >= 0.6 is 0 Å². The number of hydrogen-bond acceptors (Lipinski definition) is 5. The molecule has 2 aromatic rings. The molecule has 2 unspecified atom stereocenters. The second kappa shape index (κ2) is 8.78. The van der Waals surface area contributed by atoms with E-state index in [4.69, 9.17) is 19.3 Å². The first kappa shape index (κ1) is 19.6. The smallest absolute Gasteiger partial charge is 0.370 e. The van der Waals surface area contributed by atoms with E-state index < -0.39 is 12.3 Å². The standard InChI is InChI=1S/C23H24O6/c24-8-9-27-10-11-28-22-14-16(13-21(29-22)23(25)26)18-6-3-7-19-17-5-2-1-4-15(17)12-20(18)19/h1-7,13,16,22,24H,8-12,14H2,(H,25,26). The van der Waals surface area contributed by atoms with Gasteiger partial charge in [-0.3, -0.25) is 0 Å². The lowest BCUT2D eigenvalue weighted by molar-refractivity contribution is -0.160. The Balaban J connectivity index is 1.56. The van der Waals surface area contributed by atoms with Crippen LogP contribution in [-0.4, -0.2) is 48.9 Å². The molecule has 2 N–H and O–H groups in total. The van der Waals surface area contributed by atoms with Crippen LogP contribution in [0.1, 0.15) is 29.0 Å². The van der Waals surface area contributed by atoms with Crippen molar-refractivity contribution in [1.29, 1.82) is 0 Å². The van der Waals surface area contributed by atoms with E-state index in [9.17, 15) is 9.90 Å². The fourth-order valence-electron chi connectivity index (χ4n) is 4.06. The highest BCUT2D eigenvalue weighted by atomic mass is 16.7. The summed E-state index contributed by atoms with van der Waals surface area (Å²) in [4.78, 5) is 11.6. The summed E-state index contributed by atoms with van der Waals surface area (Å²) in [6, 6.07) is 14.6. The number of aliphatic hydroxyl groups is 1. The number of carbonyl (C=O) groups is 1. The molecular formula is C23H24O6. The molecule has 0 radical (unpaired) electrons. The van der Waals surface area contributed by atoms with Gasteiger partial charge in [0.25, 0.3) is 0 Å². The van der Waals surface area contributed by atoms with Crippen molar-refractivity contribution in [3.63, 3.8) is 0 Å². The van der Waals surface area contributed by atoms with Gasteiger partial charge >= 0.3 is 5.97 Å². The number of carboxylic acids is 1. The van der Waals surface area contributed by atoms with E-state index in [0.717, 1.165) is 12.0 Å². The number of fused-ring (bicyclic) bond motifs is 3. The van der Waals surface area contributed by atoms with Crippen LogP contribution in [-0.2, 0) is 25.4 Å². The molecule has 1 aliphatic carbocycles. The van der Waals surface area contributed by atoms with E-state index in [1.165, 1.54) is 22.3 Å². The topological polar surface area (TPSA) is 85.2 Å². The van der Waals surface area contributed by atoms with Crippen LogP contribution in [0.25, 0.3) is 11.1 Å². The second-order valence-electron chi connectivity index (χ2n) is 7.14. The average molecular weight is 396 g/mol.